The number of rotatable bonds is 6. The minimum absolute atomic E-state index is 0.227. The van der Waals surface area contributed by atoms with Crippen molar-refractivity contribution in [1.82, 2.24) is 9.97 Å². The molecule has 0 saturated carbocycles. The van der Waals surface area contributed by atoms with Gasteiger partial charge in [0.25, 0.3) is 0 Å². The topological polar surface area (TPSA) is 49.8 Å². The van der Waals surface area contributed by atoms with Gasteiger partial charge in [0.2, 0.25) is 5.95 Å². The van der Waals surface area contributed by atoms with Crippen LogP contribution in [0.1, 0.15) is 18.9 Å². The molecule has 2 rings (SSSR count). The van der Waals surface area contributed by atoms with Crippen LogP contribution in [-0.2, 0) is 6.54 Å². The van der Waals surface area contributed by atoms with Gasteiger partial charge in [-0.15, -0.1) is 0 Å². The van der Waals surface area contributed by atoms with Gasteiger partial charge in [-0.05, 0) is 18.6 Å². The number of benzene rings is 1. The zero-order valence-corrected chi connectivity index (χ0v) is 10.9. The third-order valence-electron chi connectivity index (χ3n) is 2.61. The molecular formula is C14H17FN4. The minimum atomic E-state index is -0.227. The molecule has 0 aliphatic rings. The van der Waals surface area contributed by atoms with Gasteiger partial charge >= 0.3 is 0 Å². The SMILES string of the molecule is CCCNc1ccnc(NCc2ccccc2F)n1. The number of hydrogen-bond donors (Lipinski definition) is 2. The molecule has 0 aliphatic carbocycles. The molecule has 1 aromatic heterocycles. The first-order valence-electron chi connectivity index (χ1n) is 6.34. The Balaban J connectivity index is 1.98. The number of aromatic nitrogens is 2. The Hall–Kier alpha value is -2.17. The monoisotopic (exact) mass is 260 g/mol. The van der Waals surface area contributed by atoms with Crippen LogP contribution in [0.5, 0.6) is 0 Å². The van der Waals surface area contributed by atoms with E-state index in [1.165, 1.54) is 6.07 Å². The maximum absolute atomic E-state index is 13.4. The summed E-state index contributed by atoms with van der Waals surface area (Å²) in [5.41, 5.74) is 0.595. The molecule has 0 unspecified atom stereocenters. The van der Waals surface area contributed by atoms with E-state index in [-0.39, 0.29) is 5.82 Å². The summed E-state index contributed by atoms with van der Waals surface area (Å²) >= 11 is 0. The van der Waals surface area contributed by atoms with Crippen LogP contribution in [0.3, 0.4) is 0 Å². The van der Waals surface area contributed by atoms with Crippen LogP contribution in [-0.4, -0.2) is 16.5 Å². The highest BCUT2D eigenvalue weighted by Crippen LogP contribution is 2.10. The van der Waals surface area contributed by atoms with Crippen LogP contribution >= 0.6 is 0 Å². The van der Waals surface area contributed by atoms with Gasteiger partial charge in [-0.1, -0.05) is 25.1 Å². The van der Waals surface area contributed by atoms with E-state index in [1.54, 1.807) is 24.4 Å². The Kier molecular flexibility index (Phi) is 4.66. The highest BCUT2D eigenvalue weighted by molar-refractivity contribution is 5.39. The van der Waals surface area contributed by atoms with Crippen molar-refractivity contribution in [3.8, 4) is 0 Å². The smallest absolute Gasteiger partial charge is 0.224 e. The van der Waals surface area contributed by atoms with E-state index in [4.69, 9.17) is 0 Å². The van der Waals surface area contributed by atoms with Crippen molar-refractivity contribution < 1.29 is 4.39 Å². The van der Waals surface area contributed by atoms with Gasteiger partial charge in [0.1, 0.15) is 11.6 Å². The Bertz CT molecular complexity index is 530. The number of nitrogens with one attached hydrogen (secondary N) is 2. The number of anilines is 2. The normalized spacial score (nSPS) is 10.2. The first-order chi connectivity index (χ1) is 9.29. The second kappa shape index (κ2) is 6.68. The van der Waals surface area contributed by atoms with Crippen LogP contribution in [0, 0.1) is 5.82 Å². The lowest BCUT2D eigenvalue weighted by Crippen LogP contribution is -2.07. The molecule has 2 N–H and O–H groups in total. The van der Waals surface area contributed by atoms with Crippen molar-refractivity contribution in [1.29, 1.82) is 0 Å². The molecule has 2 aromatic rings. The largest absolute Gasteiger partial charge is 0.370 e. The van der Waals surface area contributed by atoms with E-state index >= 15 is 0 Å². The van der Waals surface area contributed by atoms with E-state index in [1.807, 2.05) is 6.07 Å². The fraction of sp³-hybridized carbons (Fsp3) is 0.286. The second-order valence-electron chi connectivity index (χ2n) is 4.14. The first-order valence-corrected chi connectivity index (χ1v) is 6.34. The molecular weight excluding hydrogens is 243 g/mol. The lowest BCUT2D eigenvalue weighted by atomic mass is 10.2. The molecule has 0 amide bonds. The third kappa shape index (κ3) is 3.91. The van der Waals surface area contributed by atoms with E-state index < -0.39 is 0 Å². The summed E-state index contributed by atoms with van der Waals surface area (Å²) in [5, 5.41) is 6.20. The molecule has 0 aliphatic heterocycles. The summed E-state index contributed by atoms with van der Waals surface area (Å²) in [6, 6.07) is 8.47. The van der Waals surface area contributed by atoms with Crippen molar-refractivity contribution in [3.63, 3.8) is 0 Å². The molecule has 0 atom stereocenters. The molecule has 0 saturated heterocycles. The Morgan fingerprint density at radius 1 is 1.16 bits per heavy atom. The zero-order valence-electron chi connectivity index (χ0n) is 10.9. The summed E-state index contributed by atoms with van der Waals surface area (Å²) in [6.07, 6.45) is 2.71. The molecule has 4 nitrogen and oxygen atoms in total. The van der Waals surface area contributed by atoms with Gasteiger partial charge in [-0.25, -0.2) is 9.37 Å². The zero-order chi connectivity index (χ0) is 13.5. The predicted octanol–water partition coefficient (Wildman–Crippen LogP) is 3.05. The van der Waals surface area contributed by atoms with Crippen molar-refractivity contribution in [2.24, 2.45) is 0 Å². The molecule has 0 spiro atoms. The molecule has 0 bridgehead atoms. The lowest BCUT2D eigenvalue weighted by Gasteiger charge is -2.08. The first kappa shape index (κ1) is 13.3. The summed E-state index contributed by atoms with van der Waals surface area (Å²) in [4.78, 5) is 8.41. The van der Waals surface area contributed by atoms with Gasteiger partial charge in [-0.2, -0.15) is 4.98 Å². The maximum atomic E-state index is 13.4. The summed E-state index contributed by atoms with van der Waals surface area (Å²) in [5.74, 6) is 1.03. The lowest BCUT2D eigenvalue weighted by molar-refractivity contribution is 0.612. The van der Waals surface area contributed by atoms with Crippen molar-refractivity contribution in [2.45, 2.75) is 19.9 Å². The average Bonchev–Trinajstić information content (AvgIpc) is 2.45. The molecule has 19 heavy (non-hydrogen) atoms. The van der Waals surface area contributed by atoms with E-state index in [0.717, 1.165) is 18.8 Å². The molecule has 0 fully saturated rings. The molecule has 1 aromatic carbocycles. The highest BCUT2D eigenvalue weighted by atomic mass is 19.1. The van der Waals surface area contributed by atoms with Crippen LogP contribution in [0.15, 0.2) is 36.5 Å². The molecule has 100 valence electrons. The van der Waals surface area contributed by atoms with Gasteiger partial charge in [0.05, 0.1) is 0 Å². The fourth-order valence-corrected chi connectivity index (χ4v) is 1.61. The van der Waals surface area contributed by atoms with Crippen LogP contribution in [0.2, 0.25) is 0 Å². The Morgan fingerprint density at radius 3 is 2.79 bits per heavy atom. The highest BCUT2D eigenvalue weighted by Gasteiger charge is 2.02. The van der Waals surface area contributed by atoms with Crippen LogP contribution < -0.4 is 10.6 Å². The van der Waals surface area contributed by atoms with E-state index in [0.29, 0.717) is 18.1 Å². The number of halogens is 1. The average molecular weight is 260 g/mol. The van der Waals surface area contributed by atoms with Gasteiger partial charge in [-0.3, -0.25) is 0 Å². The second-order valence-corrected chi connectivity index (χ2v) is 4.14. The van der Waals surface area contributed by atoms with Gasteiger partial charge in [0, 0.05) is 24.8 Å². The Morgan fingerprint density at radius 2 is 2.00 bits per heavy atom. The molecule has 5 heteroatoms. The van der Waals surface area contributed by atoms with Gasteiger partial charge < -0.3 is 10.6 Å². The minimum Gasteiger partial charge on any atom is -0.370 e. The summed E-state index contributed by atoms with van der Waals surface area (Å²) in [6.45, 7) is 3.32. The van der Waals surface area contributed by atoms with Crippen molar-refractivity contribution in [2.75, 3.05) is 17.2 Å². The summed E-state index contributed by atoms with van der Waals surface area (Å²) < 4.78 is 13.4. The van der Waals surface area contributed by atoms with E-state index in [2.05, 4.69) is 27.5 Å². The predicted molar refractivity (Wildman–Crippen MR) is 74.5 cm³/mol. The van der Waals surface area contributed by atoms with Crippen LogP contribution in [0.4, 0.5) is 16.2 Å². The number of nitrogens with zero attached hydrogens (tertiary/aromatic N) is 2. The van der Waals surface area contributed by atoms with E-state index in [9.17, 15) is 4.39 Å². The van der Waals surface area contributed by atoms with Crippen molar-refractivity contribution in [3.05, 3.63) is 47.9 Å². The number of hydrogen-bond acceptors (Lipinski definition) is 4. The quantitative estimate of drug-likeness (QED) is 0.838. The fourth-order valence-electron chi connectivity index (χ4n) is 1.61. The standard InChI is InChI=1S/C14H17FN4/c1-2-8-16-13-7-9-17-14(19-13)18-10-11-5-3-4-6-12(11)15/h3-7,9H,2,8,10H2,1H3,(H2,16,17,18,19). The van der Waals surface area contributed by atoms with Crippen LogP contribution in [0.25, 0.3) is 0 Å². The maximum Gasteiger partial charge on any atom is 0.224 e. The molecule has 1 heterocycles. The van der Waals surface area contributed by atoms with Crippen molar-refractivity contribution >= 4 is 11.8 Å². The molecule has 0 radical (unpaired) electrons. The summed E-state index contributed by atoms with van der Waals surface area (Å²) in [7, 11) is 0. The third-order valence-corrected chi connectivity index (χ3v) is 2.61. The van der Waals surface area contributed by atoms with Gasteiger partial charge in [0.15, 0.2) is 0 Å². The Labute approximate surface area is 112 Å².